The van der Waals surface area contributed by atoms with E-state index in [9.17, 15) is 9.59 Å². The number of aromatic nitrogens is 1. The van der Waals surface area contributed by atoms with Gasteiger partial charge in [-0.15, -0.1) is 11.3 Å². The first kappa shape index (κ1) is 19.3. The molecule has 3 rings (SSSR count). The van der Waals surface area contributed by atoms with Gasteiger partial charge in [-0.2, -0.15) is 0 Å². The molecule has 0 saturated carbocycles. The second-order valence-electron chi connectivity index (χ2n) is 7.76. The van der Waals surface area contributed by atoms with Crippen molar-refractivity contribution < 1.29 is 9.59 Å². The number of likely N-dealkylation sites (tertiary alicyclic amines) is 2. The first-order valence-electron chi connectivity index (χ1n) is 9.67. The number of carbonyl (C=O) groups excluding carboxylic acids is 2. The van der Waals surface area contributed by atoms with Gasteiger partial charge in [0.1, 0.15) is 0 Å². The molecule has 0 atom stereocenters. The third-order valence-corrected chi connectivity index (χ3v) is 6.73. The first-order chi connectivity index (χ1) is 12.4. The molecule has 0 bridgehead atoms. The highest BCUT2D eigenvalue weighted by molar-refractivity contribution is 7.15. The Morgan fingerprint density at radius 3 is 2.42 bits per heavy atom. The van der Waals surface area contributed by atoms with E-state index in [0.29, 0.717) is 18.2 Å². The number of hydrogen-bond acceptors (Lipinski definition) is 5. The molecule has 0 unspecified atom stereocenters. The van der Waals surface area contributed by atoms with Crippen LogP contribution in [-0.4, -0.2) is 52.8 Å². The number of amides is 2. The molecule has 1 aromatic heterocycles. The van der Waals surface area contributed by atoms with Crippen LogP contribution in [0.3, 0.4) is 0 Å². The van der Waals surface area contributed by atoms with Crippen LogP contribution in [0.25, 0.3) is 0 Å². The lowest BCUT2D eigenvalue weighted by Crippen LogP contribution is -2.40. The van der Waals surface area contributed by atoms with Crippen molar-refractivity contribution in [2.45, 2.75) is 53.0 Å². The summed E-state index contributed by atoms with van der Waals surface area (Å²) in [6.07, 6.45) is 3.99. The maximum Gasteiger partial charge on any atom is 0.229 e. The van der Waals surface area contributed by atoms with Crippen LogP contribution < -0.4 is 5.32 Å². The van der Waals surface area contributed by atoms with Gasteiger partial charge in [0.25, 0.3) is 0 Å². The first-order valence-corrected chi connectivity index (χ1v) is 10.5. The Balaban J connectivity index is 1.52. The summed E-state index contributed by atoms with van der Waals surface area (Å²) in [4.78, 5) is 34.1. The third kappa shape index (κ3) is 4.82. The fourth-order valence-electron chi connectivity index (χ4n) is 3.72. The lowest BCUT2D eigenvalue weighted by Gasteiger charge is -2.30. The smallest absolute Gasteiger partial charge is 0.229 e. The van der Waals surface area contributed by atoms with Gasteiger partial charge in [0.15, 0.2) is 5.13 Å². The van der Waals surface area contributed by atoms with Gasteiger partial charge in [-0.1, -0.05) is 6.92 Å². The topological polar surface area (TPSA) is 65.5 Å². The Labute approximate surface area is 160 Å². The lowest BCUT2D eigenvalue weighted by molar-refractivity contribution is -0.132. The Bertz CT molecular complexity index is 644. The van der Waals surface area contributed by atoms with Gasteiger partial charge in [-0.25, -0.2) is 4.98 Å². The minimum atomic E-state index is -0.0261. The monoisotopic (exact) mass is 378 g/mol. The summed E-state index contributed by atoms with van der Waals surface area (Å²) in [6.45, 7) is 10.5. The summed E-state index contributed by atoms with van der Waals surface area (Å²) < 4.78 is 0. The number of carbonyl (C=O) groups is 2. The summed E-state index contributed by atoms with van der Waals surface area (Å²) in [5.41, 5.74) is 1.02. The maximum atomic E-state index is 12.5. The molecule has 2 aliphatic rings. The standard InChI is InChI=1S/C19H30N4O2S/c1-13-4-8-22(9-5-13)12-17-14(2)20-19(26-17)21-18(25)16-6-10-23(11-7-16)15(3)24/h13,16H,4-12H2,1-3H3,(H,20,21,25). The normalized spacial score (nSPS) is 20.3. The maximum absolute atomic E-state index is 12.5. The van der Waals surface area contributed by atoms with Gasteiger partial charge in [-0.05, 0) is 51.6 Å². The summed E-state index contributed by atoms with van der Waals surface area (Å²) in [5, 5.41) is 3.72. The fraction of sp³-hybridized carbons (Fsp3) is 0.737. The SMILES string of the molecule is CC(=O)N1CCC(C(=O)Nc2nc(C)c(CN3CCC(C)CC3)s2)CC1. The van der Waals surface area contributed by atoms with Gasteiger partial charge in [0, 0.05) is 37.4 Å². The van der Waals surface area contributed by atoms with Gasteiger partial charge < -0.3 is 10.2 Å². The molecule has 0 radical (unpaired) electrons. The van der Waals surface area contributed by atoms with Crippen molar-refractivity contribution in [1.29, 1.82) is 0 Å². The predicted octanol–water partition coefficient (Wildman–Crippen LogP) is 2.88. The molecule has 0 aliphatic carbocycles. The molecule has 0 spiro atoms. The zero-order chi connectivity index (χ0) is 18.7. The van der Waals surface area contributed by atoms with E-state index in [-0.39, 0.29) is 17.7 Å². The number of piperidine rings is 2. The van der Waals surface area contributed by atoms with E-state index in [1.807, 2.05) is 11.8 Å². The minimum absolute atomic E-state index is 0.0261. The highest BCUT2D eigenvalue weighted by atomic mass is 32.1. The van der Waals surface area contributed by atoms with Crippen LogP contribution in [0, 0.1) is 18.8 Å². The van der Waals surface area contributed by atoms with Gasteiger partial charge in [0.05, 0.1) is 5.69 Å². The van der Waals surface area contributed by atoms with Gasteiger partial charge in [-0.3, -0.25) is 14.5 Å². The van der Waals surface area contributed by atoms with E-state index < -0.39 is 0 Å². The molecule has 2 saturated heterocycles. The molecule has 6 nitrogen and oxygen atoms in total. The number of nitrogens with one attached hydrogen (secondary N) is 1. The second kappa shape index (κ2) is 8.48. The van der Waals surface area contributed by atoms with Crippen LogP contribution in [0.4, 0.5) is 5.13 Å². The van der Waals surface area contributed by atoms with E-state index in [4.69, 9.17) is 0 Å². The number of rotatable bonds is 4. The average Bonchev–Trinajstić information content (AvgIpc) is 2.96. The summed E-state index contributed by atoms with van der Waals surface area (Å²) >= 11 is 1.60. The molecule has 2 fully saturated rings. The average molecular weight is 379 g/mol. The largest absolute Gasteiger partial charge is 0.343 e. The fourth-order valence-corrected chi connectivity index (χ4v) is 4.72. The van der Waals surface area contributed by atoms with Crippen LogP contribution in [0.2, 0.25) is 0 Å². The minimum Gasteiger partial charge on any atom is -0.343 e. The Morgan fingerprint density at radius 2 is 1.81 bits per heavy atom. The van der Waals surface area contributed by atoms with Crippen molar-refractivity contribution in [3.05, 3.63) is 10.6 Å². The summed E-state index contributed by atoms with van der Waals surface area (Å²) in [5.74, 6) is 0.941. The van der Waals surface area contributed by atoms with E-state index in [0.717, 1.165) is 44.1 Å². The van der Waals surface area contributed by atoms with Crippen molar-refractivity contribution in [2.75, 3.05) is 31.5 Å². The van der Waals surface area contributed by atoms with Crippen LogP contribution in [-0.2, 0) is 16.1 Å². The Kier molecular flexibility index (Phi) is 6.29. The van der Waals surface area contributed by atoms with Gasteiger partial charge in [0.2, 0.25) is 11.8 Å². The molecule has 2 aliphatic heterocycles. The van der Waals surface area contributed by atoms with Crippen molar-refractivity contribution in [1.82, 2.24) is 14.8 Å². The van der Waals surface area contributed by atoms with E-state index in [1.165, 1.54) is 17.7 Å². The molecular weight excluding hydrogens is 348 g/mol. The van der Waals surface area contributed by atoms with E-state index >= 15 is 0 Å². The van der Waals surface area contributed by atoms with Crippen LogP contribution >= 0.6 is 11.3 Å². The van der Waals surface area contributed by atoms with Crippen LogP contribution in [0.15, 0.2) is 0 Å². The molecule has 7 heteroatoms. The molecular formula is C19H30N4O2S. The molecule has 144 valence electrons. The zero-order valence-electron chi connectivity index (χ0n) is 16.1. The van der Waals surface area contributed by atoms with Crippen LogP contribution in [0.5, 0.6) is 0 Å². The Morgan fingerprint density at radius 1 is 1.15 bits per heavy atom. The number of hydrogen-bond donors (Lipinski definition) is 1. The number of aryl methyl sites for hydroxylation is 1. The second-order valence-corrected chi connectivity index (χ2v) is 8.84. The molecule has 0 aromatic carbocycles. The summed E-state index contributed by atoms with van der Waals surface area (Å²) in [6, 6.07) is 0. The Hall–Kier alpha value is -1.47. The number of thiazole rings is 1. The third-order valence-electron chi connectivity index (χ3n) is 5.68. The lowest BCUT2D eigenvalue weighted by atomic mass is 9.96. The van der Waals surface area contributed by atoms with E-state index in [2.05, 4.69) is 22.1 Å². The molecule has 1 N–H and O–H groups in total. The molecule has 2 amide bonds. The van der Waals surface area contributed by atoms with Crippen LogP contribution in [0.1, 0.15) is 50.1 Å². The van der Waals surface area contributed by atoms with E-state index in [1.54, 1.807) is 18.3 Å². The zero-order valence-corrected chi connectivity index (χ0v) is 16.9. The molecule has 3 heterocycles. The van der Waals surface area contributed by atoms with Crippen molar-refractivity contribution >= 4 is 28.3 Å². The highest BCUT2D eigenvalue weighted by Gasteiger charge is 2.27. The molecule has 26 heavy (non-hydrogen) atoms. The predicted molar refractivity (Wildman–Crippen MR) is 104 cm³/mol. The molecule has 1 aromatic rings. The van der Waals surface area contributed by atoms with Crippen molar-refractivity contribution in [2.24, 2.45) is 11.8 Å². The quantitative estimate of drug-likeness (QED) is 0.875. The van der Waals surface area contributed by atoms with Crippen molar-refractivity contribution in [3.8, 4) is 0 Å². The number of nitrogens with zero attached hydrogens (tertiary/aromatic N) is 3. The number of anilines is 1. The van der Waals surface area contributed by atoms with Gasteiger partial charge >= 0.3 is 0 Å². The van der Waals surface area contributed by atoms with Crippen molar-refractivity contribution in [3.63, 3.8) is 0 Å². The highest BCUT2D eigenvalue weighted by Crippen LogP contribution is 2.27. The summed E-state index contributed by atoms with van der Waals surface area (Å²) in [7, 11) is 0.